The van der Waals surface area contributed by atoms with Crippen molar-refractivity contribution in [2.24, 2.45) is 5.73 Å². The highest BCUT2D eigenvalue weighted by molar-refractivity contribution is 7.92. The standard InChI is InChI=1S/C7H13NO2S/c1-2-6(8)5-11(9,10)7-3-4-7/h2,6-7H,1,3-5,8H2. The van der Waals surface area contributed by atoms with E-state index in [0.29, 0.717) is 0 Å². The van der Waals surface area contributed by atoms with Gasteiger partial charge in [0.25, 0.3) is 0 Å². The Bertz CT molecular complexity index is 241. The van der Waals surface area contributed by atoms with E-state index in [1.54, 1.807) is 0 Å². The minimum absolute atomic E-state index is 0.0567. The number of rotatable bonds is 4. The summed E-state index contributed by atoms with van der Waals surface area (Å²) in [4.78, 5) is 0. The fraction of sp³-hybridized carbons (Fsp3) is 0.714. The zero-order valence-electron chi connectivity index (χ0n) is 6.36. The van der Waals surface area contributed by atoms with Gasteiger partial charge in [-0.1, -0.05) is 6.08 Å². The lowest BCUT2D eigenvalue weighted by Crippen LogP contribution is -2.29. The minimum atomic E-state index is -2.89. The maximum absolute atomic E-state index is 11.2. The maximum atomic E-state index is 11.2. The Balaban J connectivity index is 2.52. The molecule has 0 aromatic heterocycles. The van der Waals surface area contributed by atoms with Crippen molar-refractivity contribution in [3.05, 3.63) is 12.7 Å². The molecule has 1 aliphatic rings. The Kier molecular flexibility index (Phi) is 2.34. The molecule has 0 heterocycles. The topological polar surface area (TPSA) is 60.2 Å². The lowest BCUT2D eigenvalue weighted by Gasteiger charge is -2.05. The van der Waals surface area contributed by atoms with Gasteiger partial charge in [-0.15, -0.1) is 6.58 Å². The van der Waals surface area contributed by atoms with Gasteiger partial charge in [-0.3, -0.25) is 0 Å². The highest BCUT2D eigenvalue weighted by Crippen LogP contribution is 2.29. The maximum Gasteiger partial charge on any atom is 0.155 e. The van der Waals surface area contributed by atoms with E-state index >= 15 is 0 Å². The molecule has 64 valence electrons. The van der Waals surface area contributed by atoms with Crippen molar-refractivity contribution in [3.63, 3.8) is 0 Å². The van der Waals surface area contributed by atoms with Crippen molar-refractivity contribution >= 4 is 9.84 Å². The second-order valence-electron chi connectivity index (χ2n) is 2.93. The van der Waals surface area contributed by atoms with Crippen LogP contribution in [0.5, 0.6) is 0 Å². The third-order valence-electron chi connectivity index (χ3n) is 1.76. The largest absolute Gasteiger partial charge is 0.324 e. The van der Waals surface area contributed by atoms with Gasteiger partial charge in [0, 0.05) is 6.04 Å². The lowest BCUT2D eigenvalue weighted by atomic mass is 10.4. The van der Waals surface area contributed by atoms with Crippen LogP contribution in [0.3, 0.4) is 0 Å². The van der Waals surface area contributed by atoms with E-state index in [9.17, 15) is 8.42 Å². The lowest BCUT2D eigenvalue weighted by molar-refractivity contribution is 0.591. The summed E-state index contributed by atoms with van der Waals surface area (Å²) in [7, 11) is -2.89. The van der Waals surface area contributed by atoms with Crippen molar-refractivity contribution in [1.29, 1.82) is 0 Å². The van der Waals surface area contributed by atoms with Gasteiger partial charge in [0.05, 0.1) is 11.0 Å². The van der Waals surface area contributed by atoms with Crippen LogP contribution < -0.4 is 5.73 Å². The Morgan fingerprint density at radius 2 is 2.18 bits per heavy atom. The quantitative estimate of drug-likeness (QED) is 0.615. The fourth-order valence-electron chi connectivity index (χ4n) is 0.900. The summed E-state index contributed by atoms with van der Waals surface area (Å²) in [5.74, 6) is 0.0567. The molecule has 1 fully saturated rings. The SMILES string of the molecule is C=CC(N)CS(=O)(=O)C1CC1. The molecule has 2 N–H and O–H groups in total. The second kappa shape index (κ2) is 2.95. The molecule has 1 rings (SSSR count). The van der Waals surface area contributed by atoms with Crippen LogP contribution in [0, 0.1) is 0 Å². The molecule has 0 radical (unpaired) electrons. The molecule has 1 unspecified atom stereocenters. The van der Waals surface area contributed by atoms with Crippen molar-refractivity contribution in [1.82, 2.24) is 0 Å². The second-order valence-corrected chi connectivity index (χ2v) is 5.25. The molecule has 1 aliphatic carbocycles. The smallest absolute Gasteiger partial charge is 0.155 e. The Morgan fingerprint density at radius 1 is 1.64 bits per heavy atom. The van der Waals surface area contributed by atoms with Gasteiger partial charge in [0.2, 0.25) is 0 Å². The summed E-state index contributed by atoms with van der Waals surface area (Å²) in [6.45, 7) is 3.44. The van der Waals surface area contributed by atoms with E-state index in [1.807, 2.05) is 0 Å². The highest BCUT2D eigenvalue weighted by Gasteiger charge is 2.35. The molecule has 0 saturated heterocycles. The van der Waals surface area contributed by atoms with Gasteiger partial charge < -0.3 is 5.73 Å². The minimum Gasteiger partial charge on any atom is -0.324 e. The van der Waals surface area contributed by atoms with Crippen LogP contribution in [0.4, 0.5) is 0 Å². The Labute approximate surface area is 67.2 Å². The highest BCUT2D eigenvalue weighted by atomic mass is 32.2. The number of hydrogen-bond donors (Lipinski definition) is 1. The average molecular weight is 175 g/mol. The van der Waals surface area contributed by atoms with Crippen molar-refractivity contribution in [2.75, 3.05) is 5.75 Å². The zero-order chi connectivity index (χ0) is 8.48. The molecule has 0 aromatic carbocycles. The first kappa shape index (κ1) is 8.74. The predicted molar refractivity (Wildman–Crippen MR) is 45.0 cm³/mol. The average Bonchev–Trinajstić information content (AvgIpc) is 2.66. The molecule has 4 heteroatoms. The van der Waals surface area contributed by atoms with Gasteiger partial charge >= 0.3 is 0 Å². The first-order valence-corrected chi connectivity index (χ1v) is 5.37. The Hall–Kier alpha value is -0.350. The van der Waals surface area contributed by atoms with E-state index < -0.39 is 15.9 Å². The van der Waals surface area contributed by atoms with E-state index in [4.69, 9.17) is 5.73 Å². The predicted octanol–water partition coefficient (Wildman–Crippen LogP) is 0.0769. The molecule has 1 saturated carbocycles. The van der Waals surface area contributed by atoms with Crippen LogP contribution in [0.15, 0.2) is 12.7 Å². The van der Waals surface area contributed by atoms with E-state index in [1.165, 1.54) is 6.08 Å². The number of nitrogens with two attached hydrogens (primary N) is 1. The van der Waals surface area contributed by atoms with Crippen LogP contribution in [0.2, 0.25) is 0 Å². The van der Waals surface area contributed by atoms with Gasteiger partial charge in [0.15, 0.2) is 9.84 Å². The molecule has 0 bridgehead atoms. The molecule has 0 aromatic rings. The fourth-order valence-corrected chi connectivity index (χ4v) is 2.70. The van der Waals surface area contributed by atoms with Crippen LogP contribution >= 0.6 is 0 Å². The zero-order valence-corrected chi connectivity index (χ0v) is 7.18. The molecular formula is C7H13NO2S. The summed E-state index contributed by atoms with van der Waals surface area (Å²) in [5, 5.41) is -0.103. The summed E-state index contributed by atoms with van der Waals surface area (Å²) in [5.41, 5.74) is 5.43. The first-order chi connectivity index (χ1) is 5.06. The monoisotopic (exact) mass is 175 g/mol. The Morgan fingerprint density at radius 3 is 2.55 bits per heavy atom. The summed E-state index contributed by atoms with van der Waals surface area (Å²) < 4.78 is 22.5. The first-order valence-electron chi connectivity index (χ1n) is 3.66. The molecule has 0 amide bonds. The molecule has 0 spiro atoms. The molecule has 3 nitrogen and oxygen atoms in total. The normalized spacial score (nSPS) is 21.2. The van der Waals surface area contributed by atoms with Crippen LogP contribution in [0.25, 0.3) is 0 Å². The number of sulfone groups is 1. The van der Waals surface area contributed by atoms with Gasteiger partial charge in [0.1, 0.15) is 0 Å². The van der Waals surface area contributed by atoms with Crippen molar-refractivity contribution < 1.29 is 8.42 Å². The molecular weight excluding hydrogens is 162 g/mol. The number of hydrogen-bond acceptors (Lipinski definition) is 3. The van der Waals surface area contributed by atoms with Crippen LogP contribution in [-0.4, -0.2) is 25.5 Å². The summed E-state index contributed by atoms with van der Waals surface area (Å²) in [6.07, 6.45) is 3.10. The van der Waals surface area contributed by atoms with E-state index in [0.717, 1.165) is 12.8 Å². The van der Waals surface area contributed by atoms with Crippen molar-refractivity contribution in [2.45, 2.75) is 24.1 Å². The van der Waals surface area contributed by atoms with Gasteiger partial charge in [-0.2, -0.15) is 0 Å². The van der Waals surface area contributed by atoms with Crippen LogP contribution in [0.1, 0.15) is 12.8 Å². The molecule has 0 aliphatic heterocycles. The third kappa shape index (κ3) is 2.31. The third-order valence-corrected chi connectivity index (χ3v) is 4.10. The summed E-state index contributed by atoms with van der Waals surface area (Å²) >= 11 is 0. The van der Waals surface area contributed by atoms with Gasteiger partial charge in [-0.25, -0.2) is 8.42 Å². The van der Waals surface area contributed by atoms with E-state index in [2.05, 4.69) is 6.58 Å². The van der Waals surface area contributed by atoms with Gasteiger partial charge in [-0.05, 0) is 12.8 Å². The van der Waals surface area contributed by atoms with E-state index in [-0.39, 0.29) is 11.0 Å². The molecule has 11 heavy (non-hydrogen) atoms. The molecule has 1 atom stereocenters. The van der Waals surface area contributed by atoms with Crippen LogP contribution in [-0.2, 0) is 9.84 Å². The summed E-state index contributed by atoms with van der Waals surface area (Å²) in [6, 6.07) is -0.402. The van der Waals surface area contributed by atoms with Crippen molar-refractivity contribution in [3.8, 4) is 0 Å².